The summed E-state index contributed by atoms with van der Waals surface area (Å²) >= 11 is 0. The highest BCUT2D eigenvalue weighted by atomic mass is 35.5. The molecule has 0 fully saturated rings. The van der Waals surface area contributed by atoms with Crippen molar-refractivity contribution in [1.29, 1.82) is 0 Å². The second-order valence-corrected chi connectivity index (χ2v) is 2.81. The maximum absolute atomic E-state index is 5.17. The van der Waals surface area contributed by atoms with Crippen LogP contribution in [-0.2, 0) is 13.0 Å². The molecular formula is C8H13ClN2O. The third-order valence-electron chi connectivity index (χ3n) is 2.00. The molecule has 4 heteroatoms. The van der Waals surface area contributed by atoms with E-state index in [1.807, 2.05) is 4.73 Å². The molecule has 12 heavy (non-hydrogen) atoms. The Hall–Kier alpha value is -0.700. The van der Waals surface area contributed by atoms with Crippen molar-refractivity contribution in [2.24, 2.45) is 0 Å². The molecule has 0 amide bonds. The van der Waals surface area contributed by atoms with E-state index in [-0.39, 0.29) is 12.4 Å². The lowest BCUT2D eigenvalue weighted by molar-refractivity contribution is -0.703. The molecule has 0 saturated carbocycles. The van der Waals surface area contributed by atoms with Crippen LogP contribution in [0.1, 0.15) is 26.1 Å². The van der Waals surface area contributed by atoms with Gasteiger partial charge in [-0.2, -0.15) is 0 Å². The number of rotatable bonds is 3. The van der Waals surface area contributed by atoms with Gasteiger partial charge in [-0.3, -0.25) is 0 Å². The lowest BCUT2D eigenvalue weighted by atomic mass is 10.3. The van der Waals surface area contributed by atoms with Crippen molar-refractivity contribution in [2.45, 2.75) is 33.2 Å². The summed E-state index contributed by atoms with van der Waals surface area (Å²) < 4.78 is 4.15. The summed E-state index contributed by atoms with van der Waals surface area (Å²) in [7, 11) is 0. The molecule has 1 aromatic heterocycles. The summed E-state index contributed by atoms with van der Waals surface area (Å²) in [5.41, 5.74) is 0. The van der Waals surface area contributed by atoms with Gasteiger partial charge in [0.05, 0.1) is 13.0 Å². The maximum Gasteiger partial charge on any atom is 0.415 e. The first-order valence-corrected chi connectivity index (χ1v) is 4.19. The Morgan fingerprint density at radius 1 is 1.50 bits per heavy atom. The minimum absolute atomic E-state index is 0. The minimum Gasteiger partial charge on any atom is -1.00 e. The number of aromatic nitrogens is 2. The number of aryl methyl sites for hydroxylation is 1. The van der Waals surface area contributed by atoms with Crippen LogP contribution in [-0.4, -0.2) is 4.73 Å². The SMILES string of the molecule is CCCc1n2c(c[n+]1CC)O2.[Cl-]. The average Bonchev–Trinajstić information content (AvgIpc) is 2.70. The zero-order valence-corrected chi connectivity index (χ0v) is 8.14. The summed E-state index contributed by atoms with van der Waals surface area (Å²) in [6.07, 6.45) is 4.34. The molecule has 0 radical (unpaired) electrons. The van der Waals surface area contributed by atoms with Crippen molar-refractivity contribution in [3.8, 4) is 5.88 Å². The molecule has 0 aliphatic carbocycles. The van der Waals surface area contributed by atoms with Crippen LogP contribution in [0.3, 0.4) is 0 Å². The van der Waals surface area contributed by atoms with Gasteiger partial charge in [-0.15, -0.1) is 0 Å². The van der Waals surface area contributed by atoms with E-state index >= 15 is 0 Å². The van der Waals surface area contributed by atoms with Crippen molar-refractivity contribution in [1.82, 2.24) is 4.73 Å². The number of hydrogen-bond donors (Lipinski definition) is 0. The minimum atomic E-state index is 0. The molecule has 0 saturated heterocycles. The zero-order chi connectivity index (χ0) is 7.84. The quantitative estimate of drug-likeness (QED) is 0.400. The van der Waals surface area contributed by atoms with Crippen molar-refractivity contribution in [3.05, 3.63) is 12.0 Å². The number of halogens is 1. The smallest absolute Gasteiger partial charge is 0.415 e. The van der Waals surface area contributed by atoms with Gasteiger partial charge in [-0.05, 0) is 13.3 Å². The van der Waals surface area contributed by atoms with E-state index < -0.39 is 0 Å². The second-order valence-electron chi connectivity index (χ2n) is 2.81. The van der Waals surface area contributed by atoms with Gasteiger partial charge in [0.1, 0.15) is 0 Å². The van der Waals surface area contributed by atoms with Crippen LogP contribution in [0.2, 0.25) is 0 Å². The fourth-order valence-corrected chi connectivity index (χ4v) is 1.40. The first-order chi connectivity index (χ1) is 5.36. The van der Waals surface area contributed by atoms with Crippen LogP contribution in [0, 0.1) is 0 Å². The summed E-state index contributed by atoms with van der Waals surface area (Å²) in [6.45, 7) is 5.37. The molecule has 0 bridgehead atoms. The molecule has 1 aliphatic rings. The van der Waals surface area contributed by atoms with Gasteiger partial charge in [0.25, 0.3) is 0 Å². The molecule has 0 N–H and O–H groups in total. The molecule has 1 aliphatic heterocycles. The first kappa shape index (κ1) is 9.39. The van der Waals surface area contributed by atoms with E-state index in [1.165, 1.54) is 12.2 Å². The molecule has 2 rings (SSSR count). The van der Waals surface area contributed by atoms with Crippen LogP contribution in [0.15, 0.2) is 6.20 Å². The predicted octanol–water partition coefficient (Wildman–Crippen LogP) is -2.09. The molecule has 3 nitrogen and oxygen atoms in total. The summed E-state index contributed by atoms with van der Waals surface area (Å²) in [4.78, 5) is 5.17. The van der Waals surface area contributed by atoms with Gasteiger partial charge in [-0.25, -0.2) is 9.40 Å². The summed E-state index contributed by atoms with van der Waals surface area (Å²) in [5.74, 6) is 2.31. The van der Waals surface area contributed by atoms with Crippen LogP contribution >= 0.6 is 0 Å². The van der Waals surface area contributed by atoms with Crippen molar-refractivity contribution in [3.63, 3.8) is 0 Å². The van der Waals surface area contributed by atoms with Crippen molar-refractivity contribution in [2.75, 3.05) is 0 Å². The molecule has 0 unspecified atom stereocenters. The lowest BCUT2D eigenvalue weighted by Crippen LogP contribution is -3.00. The second kappa shape index (κ2) is 3.35. The van der Waals surface area contributed by atoms with Crippen LogP contribution in [0.4, 0.5) is 0 Å². The zero-order valence-electron chi connectivity index (χ0n) is 7.38. The third-order valence-corrected chi connectivity index (χ3v) is 2.00. The largest absolute Gasteiger partial charge is 1.00 e. The highest BCUT2D eigenvalue weighted by molar-refractivity contribution is 5.14. The highest BCUT2D eigenvalue weighted by Crippen LogP contribution is 2.25. The molecule has 2 heterocycles. The predicted molar refractivity (Wildman–Crippen MR) is 40.3 cm³/mol. The fourth-order valence-electron chi connectivity index (χ4n) is 1.40. The topological polar surface area (TPSA) is 21.3 Å². The number of fused-ring (bicyclic) bond motifs is 1. The molecule has 1 aromatic rings. The van der Waals surface area contributed by atoms with Crippen LogP contribution < -0.4 is 21.8 Å². The molecule has 0 spiro atoms. The molecular weight excluding hydrogens is 176 g/mol. The fraction of sp³-hybridized carbons (Fsp3) is 0.625. The van der Waals surface area contributed by atoms with Gasteiger partial charge >= 0.3 is 11.7 Å². The Kier molecular flexibility index (Phi) is 2.62. The number of hydrogen-bond acceptors (Lipinski definition) is 1. The van der Waals surface area contributed by atoms with E-state index in [4.69, 9.17) is 4.84 Å². The van der Waals surface area contributed by atoms with E-state index in [0.29, 0.717) is 0 Å². The summed E-state index contributed by atoms with van der Waals surface area (Å²) in [6, 6.07) is 0. The van der Waals surface area contributed by atoms with Gasteiger partial charge in [0.2, 0.25) is 0 Å². The Morgan fingerprint density at radius 2 is 2.25 bits per heavy atom. The molecule has 0 atom stereocenters. The van der Waals surface area contributed by atoms with Crippen LogP contribution in [0.5, 0.6) is 5.88 Å². The Bertz CT molecular complexity index is 283. The highest BCUT2D eigenvalue weighted by Gasteiger charge is 2.38. The maximum atomic E-state index is 5.17. The lowest BCUT2D eigenvalue weighted by Gasteiger charge is -1.94. The standard InChI is InChI=1S/C8H13N2O.ClH/c1-3-5-7-9(4-2)6-8-10(7)11-8;/h6H,3-5H2,1-2H3;1H/q+1;/p-1. The van der Waals surface area contributed by atoms with Gasteiger partial charge in [0.15, 0.2) is 6.20 Å². The Morgan fingerprint density at radius 3 is 2.83 bits per heavy atom. The monoisotopic (exact) mass is 188 g/mol. The van der Waals surface area contributed by atoms with Crippen LogP contribution in [0.25, 0.3) is 0 Å². The van der Waals surface area contributed by atoms with Gasteiger partial charge < -0.3 is 12.4 Å². The summed E-state index contributed by atoms with van der Waals surface area (Å²) in [5, 5.41) is 0. The van der Waals surface area contributed by atoms with Gasteiger partial charge in [0, 0.05) is 4.73 Å². The average molecular weight is 189 g/mol. The number of nitrogens with zero attached hydrogens (tertiary/aromatic N) is 2. The Balaban J connectivity index is 0.000000720. The van der Waals surface area contributed by atoms with Crippen molar-refractivity contribution >= 4 is 0 Å². The van der Waals surface area contributed by atoms with Crippen molar-refractivity contribution < 1.29 is 21.8 Å². The third kappa shape index (κ3) is 1.29. The molecule has 68 valence electrons. The van der Waals surface area contributed by atoms with E-state index in [2.05, 4.69) is 24.6 Å². The van der Waals surface area contributed by atoms with E-state index in [0.717, 1.165) is 18.8 Å². The normalized spacial score (nSPS) is 11.5. The van der Waals surface area contributed by atoms with E-state index in [1.54, 1.807) is 0 Å². The van der Waals surface area contributed by atoms with Gasteiger partial charge in [-0.1, -0.05) is 6.92 Å². The first-order valence-electron chi connectivity index (χ1n) is 4.19. The number of imidazole rings is 1. The van der Waals surface area contributed by atoms with E-state index in [9.17, 15) is 0 Å². The Labute approximate surface area is 78.3 Å². The molecule has 0 aromatic carbocycles.